The van der Waals surface area contributed by atoms with Gasteiger partial charge in [0.25, 0.3) is 0 Å². The van der Waals surface area contributed by atoms with Crippen LogP contribution in [-0.4, -0.2) is 12.5 Å². The number of hydrogen-bond donors (Lipinski definition) is 1. The van der Waals surface area contributed by atoms with E-state index in [1.54, 1.807) is 6.08 Å². The quantitative estimate of drug-likeness (QED) is 0.260. The van der Waals surface area contributed by atoms with E-state index in [9.17, 15) is 4.79 Å². The Kier molecular flexibility index (Phi) is 14.2. The molecule has 0 aromatic rings. The molecule has 0 heterocycles. The third-order valence-corrected chi connectivity index (χ3v) is 3.85. The van der Waals surface area contributed by atoms with E-state index in [0.717, 1.165) is 25.8 Å². The zero-order valence-corrected chi connectivity index (χ0v) is 15.3. The average molecular weight is 308 g/mol. The van der Waals surface area contributed by atoms with E-state index in [0.29, 0.717) is 5.92 Å². The number of amides is 1. The molecule has 0 aliphatic carbocycles. The molecule has 0 saturated heterocycles. The molecule has 0 fully saturated rings. The Labute approximate surface area is 138 Å². The van der Waals surface area contributed by atoms with Gasteiger partial charge in [0.05, 0.1) is 0 Å². The average Bonchev–Trinajstić information content (AvgIpc) is 2.46. The van der Waals surface area contributed by atoms with E-state index < -0.39 is 0 Å². The van der Waals surface area contributed by atoms with Gasteiger partial charge in [-0.25, -0.2) is 0 Å². The van der Waals surface area contributed by atoms with Gasteiger partial charge >= 0.3 is 0 Å². The van der Waals surface area contributed by atoms with Gasteiger partial charge in [-0.15, -0.1) is 0 Å². The summed E-state index contributed by atoms with van der Waals surface area (Å²) < 4.78 is 0. The Morgan fingerprint density at radius 3 is 2.45 bits per heavy atom. The van der Waals surface area contributed by atoms with Gasteiger partial charge in [0, 0.05) is 6.54 Å². The number of rotatable bonds is 13. The Morgan fingerprint density at radius 1 is 1.09 bits per heavy atom. The Bertz CT molecular complexity index is 327. The molecular weight excluding hydrogens is 270 g/mol. The molecule has 0 aliphatic heterocycles. The van der Waals surface area contributed by atoms with Crippen LogP contribution < -0.4 is 5.32 Å². The number of nitrogens with one attached hydrogen (secondary N) is 1. The standard InChI is InChI=1S/C20H37NO/c1-5-6-7-8-9-10-17-21-20(22)16-12-15-19(4)14-11-13-18(2)3/h12-13,16,19H,5-11,14-15,17H2,1-4H3,(H,21,22)/b16-12+. The lowest BCUT2D eigenvalue weighted by molar-refractivity contribution is -0.116. The predicted molar refractivity (Wildman–Crippen MR) is 98.0 cm³/mol. The van der Waals surface area contributed by atoms with Gasteiger partial charge in [-0.2, -0.15) is 0 Å². The van der Waals surface area contributed by atoms with Gasteiger partial charge < -0.3 is 5.32 Å². The van der Waals surface area contributed by atoms with Crippen LogP contribution in [0, 0.1) is 5.92 Å². The summed E-state index contributed by atoms with van der Waals surface area (Å²) in [5.41, 5.74) is 1.39. The minimum atomic E-state index is 0.0602. The van der Waals surface area contributed by atoms with E-state index in [-0.39, 0.29) is 5.91 Å². The second-order valence-electron chi connectivity index (χ2n) is 6.66. The van der Waals surface area contributed by atoms with Crippen LogP contribution in [0.3, 0.4) is 0 Å². The fourth-order valence-corrected chi connectivity index (χ4v) is 2.36. The predicted octanol–water partition coefficient (Wildman–Crippen LogP) is 5.79. The third-order valence-electron chi connectivity index (χ3n) is 3.85. The topological polar surface area (TPSA) is 29.1 Å². The maximum atomic E-state index is 11.7. The number of allylic oxidation sites excluding steroid dienone is 3. The van der Waals surface area contributed by atoms with Crippen LogP contribution in [0.4, 0.5) is 0 Å². The maximum Gasteiger partial charge on any atom is 0.243 e. The van der Waals surface area contributed by atoms with Crippen LogP contribution in [0.25, 0.3) is 0 Å². The minimum absolute atomic E-state index is 0.0602. The molecule has 2 heteroatoms. The highest BCUT2D eigenvalue weighted by Gasteiger charge is 1.99. The molecule has 2 nitrogen and oxygen atoms in total. The minimum Gasteiger partial charge on any atom is -0.353 e. The van der Waals surface area contributed by atoms with Crippen molar-refractivity contribution in [3.8, 4) is 0 Å². The summed E-state index contributed by atoms with van der Waals surface area (Å²) in [5.74, 6) is 0.697. The summed E-state index contributed by atoms with van der Waals surface area (Å²) >= 11 is 0. The summed E-state index contributed by atoms with van der Waals surface area (Å²) in [4.78, 5) is 11.7. The van der Waals surface area contributed by atoms with Gasteiger partial charge in [0.2, 0.25) is 5.91 Å². The van der Waals surface area contributed by atoms with Crippen molar-refractivity contribution in [1.82, 2.24) is 5.32 Å². The fourth-order valence-electron chi connectivity index (χ4n) is 2.36. The van der Waals surface area contributed by atoms with Crippen molar-refractivity contribution in [2.45, 2.75) is 85.5 Å². The molecule has 0 aromatic carbocycles. The van der Waals surface area contributed by atoms with Crippen molar-refractivity contribution in [2.75, 3.05) is 6.54 Å². The van der Waals surface area contributed by atoms with E-state index in [1.165, 1.54) is 44.1 Å². The molecule has 0 spiro atoms. The second-order valence-corrected chi connectivity index (χ2v) is 6.66. The highest BCUT2D eigenvalue weighted by molar-refractivity contribution is 5.87. The first-order valence-corrected chi connectivity index (χ1v) is 9.14. The molecule has 22 heavy (non-hydrogen) atoms. The van der Waals surface area contributed by atoms with E-state index in [4.69, 9.17) is 0 Å². The molecule has 0 bridgehead atoms. The summed E-state index contributed by atoms with van der Waals surface area (Å²) in [7, 11) is 0. The van der Waals surface area contributed by atoms with E-state index in [2.05, 4.69) is 39.1 Å². The smallest absolute Gasteiger partial charge is 0.243 e. The SMILES string of the molecule is CCCCCCCCNC(=O)/C=C/CC(C)CCC=C(C)C. The van der Waals surface area contributed by atoms with Crippen LogP contribution in [-0.2, 0) is 4.79 Å². The Balaban J connectivity index is 3.55. The van der Waals surface area contributed by atoms with Crippen molar-refractivity contribution in [3.05, 3.63) is 23.8 Å². The second kappa shape index (κ2) is 14.9. The number of carbonyl (C=O) groups excluding carboxylic acids is 1. The number of carbonyl (C=O) groups is 1. The summed E-state index contributed by atoms with van der Waals surface area (Å²) in [6, 6.07) is 0. The highest BCUT2D eigenvalue weighted by atomic mass is 16.1. The lowest BCUT2D eigenvalue weighted by atomic mass is 10.0. The Morgan fingerprint density at radius 2 is 1.77 bits per heavy atom. The van der Waals surface area contributed by atoms with Gasteiger partial charge in [-0.3, -0.25) is 4.79 Å². The molecule has 1 atom stereocenters. The van der Waals surface area contributed by atoms with Crippen molar-refractivity contribution in [1.29, 1.82) is 0 Å². The highest BCUT2D eigenvalue weighted by Crippen LogP contribution is 2.12. The zero-order chi connectivity index (χ0) is 16.6. The number of unbranched alkanes of at least 4 members (excludes halogenated alkanes) is 5. The van der Waals surface area contributed by atoms with Crippen molar-refractivity contribution < 1.29 is 4.79 Å². The molecule has 0 rings (SSSR count). The molecule has 128 valence electrons. The van der Waals surface area contributed by atoms with E-state index in [1.807, 2.05) is 6.08 Å². The Hall–Kier alpha value is -1.05. The molecule has 1 N–H and O–H groups in total. The molecule has 0 aliphatic rings. The van der Waals surface area contributed by atoms with Crippen LogP contribution in [0.2, 0.25) is 0 Å². The normalized spacial score (nSPS) is 12.4. The van der Waals surface area contributed by atoms with Gasteiger partial charge in [0.15, 0.2) is 0 Å². The molecule has 0 saturated carbocycles. The molecule has 0 radical (unpaired) electrons. The van der Waals surface area contributed by atoms with Crippen LogP contribution >= 0.6 is 0 Å². The number of hydrogen-bond acceptors (Lipinski definition) is 1. The van der Waals surface area contributed by atoms with Crippen molar-refractivity contribution >= 4 is 5.91 Å². The molecular formula is C20H37NO. The first-order valence-electron chi connectivity index (χ1n) is 9.14. The third kappa shape index (κ3) is 15.3. The fraction of sp³-hybridized carbons (Fsp3) is 0.750. The maximum absolute atomic E-state index is 11.7. The van der Waals surface area contributed by atoms with Gasteiger partial charge in [0.1, 0.15) is 0 Å². The molecule has 1 amide bonds. The van der Waals surface area contributed by atoms with Crippen molar-refractivity contribution in [2.24, 2.45) is 5.92 Å². The molecule has 1 unspecified atom stereocenters. The van der Waals surface area contributed by atoms with Crippen LogP contribution in [0.1, 0.15) is 85.5 Å². The largest absolute Gasteiger partial charge is 0.353 e. The first-order chi connectivity index (χ1) is 10.6. The van der Waals surface area contributed by atoms with Gasteiger partial charge in [-0.1, -0.05) is 63.7 Å². The van der Waals surface area contributed by atoms with Crippen LogP contribution in [0.5, 0.6) is 0 Å². The lowest BCUT2D eigenvalue weighted by Crippen LogP contribution is -2.22. The zero-order valence-electron chi connectivity index (χ0n) is 15.3. The summed E-state index contributed by atoms with van der Waals surface area (Å²) in [6.07, 6.45) is 16.9. The first kappa shape index (κ1) is 20.9. The summed E-state index contributed by atoms with van der Waals surface area (Å²) in [5, 5.41) is 2.97. The van der Waals surface area contributed by atoms with Crippen LogP contribution in [0.15, 0.2) is 23.8 Å². The van der Waals surface area contributed by atoms with E-state index >= 15 is 0 Å². The monoisotopic (exact) mass is 307 g/mol. The van der Waals surface area contributed by atoms with Gasteiger partial charge in [-0.05, 0) is 51.5 Å². The molecule has 0 aromatic heterocycles. The summed E-state index contributed by atoms with van der Waals surface area (Å²) in [6.45, 7) is 9.56. The lowest BCUT2D eigenvalue weighted by Gasteiger charge is -2.06. The van der Waals surface area contributed by atoms with Crippen molar-refractivity contribution in [3.63, 3.8) is 0 Å².